The normalized spacial score (nSPS) is 12.3. The van der Waals surface area contributed by atoms with Gasteiger partial charge < -0.3 is 4.74 Å². The Kier molecular flexibility index (Phi) is 25.3. The first kappa shape index (κ1) is 31.8. The van der Waals surface area contributed by atoms with Gasteiger partial charge in [-0.2, -0.15) is 0 Å². The first-order valence-corrected chi connectivity index (χ1v) is 13.8. The van der Waals surface area contributed by atoms with Crippen molar-refractivity contribution >= 4 is 5.97 Å². The van der Waals surface area contributed by atoms with Gasteiger partial charge in [-0.05, 0) is 69.6 Å². The van der Waals surface area contributed by atoms with Crippen LogP contribution in [0.4, 0.5) is 0 Å². The molecule has 190 valence electrons. The highest BCUT2D eigenvalue weighted by Gasteiger charge is 2.07. The highest BCUT2D eigenvalue weighted by molar-refractivity contribution is 5.66. The Morgan fingerprint density at radius 3 is 1.50 bits per heavy atom. The number of terminal acetylenes is 2. The molecule has 0 radical (unpaired) electrons. The lowest BCUT2D eigenvalue weighted by molar-refractivity contribution is -0.144. The van der Waals surface area contributed by atoms with E-state index in [4.69, 9.17) is 17.6 Å². The molecule has 2 nitrogen and oxygen atoms in total. The number of hydrogen-bond donors (Lipinski definition) is 0. The topological polar surface area (TPSA) is 26.3 Å². The van der Waals surface area contributed by atoms with Crippen molar-refractivity contribution < 1.29 is 9.53 Å². The molecule has 0 saturated carbocycles. The summed E-state index contributed by atoms with van der Waals surface area (Å²) >= 11 is 0. The number of rotatable bonds is 23. The van der Waals surface area contributed by atoms with Crippen molar-refractivity contribution in [3.8, 4) is 24.7 Å². The predicted octanol–water partition coefficient (Wildman–Crippen LogP) is 9.27. The number of carbonyl (C=O) groups excluding carboxylic acids is 1. The maximum absolute atomic E-state index is 11.1. The molecule has 0 unspecified atom stereocenters. The second kappa shape index (κ2) is 27.1. The summed E-state index contributed by atoms with van der Waals surface area (Å²) in [5, 5.41) is 0. The van der Waals surface area contributed by atoms with Gasteiger partial charge in [-0.25, -0.2) is 0 Å². The fourth-order valence-electron chi connectivity index (χ4n) is 4.03. The Bertz CT molecular complexity index is 626. The van der Waals surface area contributed by atoms with Gasteiger partial charge in [0.2, 0.25) is 0 Å². The van der Waals surface area contributed by atoms with E-state index in [1.165, 1.54) is 110 Å². The molecule has 0 spiro atoms. The van der Waals surface area contributed by atoms with E-state index in [0.717, 1.165) is 19.3 Å². The molecular formula is C32H50O2. The average molecular weight is 467 g/mol. The van der Waals surface area contributed by atoms with Crippen LogP contribution in [0.15, 0.2) is 36.5 Å². The maximum Gasteiger partial charge on any atom is 0.303 e. The Hall–Kier alpha value is -2.19. The molecule has 34 heavy (non-hydrogen) atoms. The molecule has 0 saturated heterocycles. The molecule has 0 aromatic heterocycles. The van der Waals surface area contributed by atoms with Gasteiger partial charge in [0.1, 0.15) is 6.10 Å². The lowest BCUT2D eigenvalue weighted by Gasteiger charge is -2.12. The monoisotopic (exact) mass is 466 g/mol. The summed E-state index contributed by atoms with van der Waals surface area (Å²) in [6.45, 7) is 1.44. The van der Waals surface area contributed by atoms with Crippen molar-refractivity contribution in [3.63, 3.8) is 0 Å². The second-order valence-electron chi connectivity index (χ2n) is 9.17. The number of allylic oxidation sites excluding steroid dienone is 5. The molecule has 0 fully saturated rings. The van der Waals surface area contributed by atoms with Gasteiger partial charge in [-0.15, -0.1) is 12.8 Å². The van der Waals surface area contributed by atoms with Crippen molar-refractivity contribution in [2.24, 2.45) is 0 Å². The summed E-state index contributed by atoms with van der Waals surface area (Å²) in [7, 11) is 0. The average Bonchev–Trinajstić information content (AvgIpc) is 2.82. The van der Waals surface area contributed by atoms with Crippen LogP contribution in [0.5, 0.6) is 0 Å². The Morgan fingerprint density at radius 1 is 0.647 bits per heavy atom. The number of ether oxygens (including phenoxy) is 1. The molecular weight excluding hydrogens is 416 g/mol. The fraction of sp³-hybridized carbons (Fsp3) is 0.656. The molecule has 0 aromatic carbocycles. The summed E-state index contributed by atoms with van der Waals surface area (Å²) in [4.78, 5) is 11.1. The Morgan fingerprint density at radius 2 is 1.06 bits per heavy atom. The molecule has 0 amide bonds. The lowest BCUT2D eigenvalue weighted by Crippen LogP contribution is -2.13. The van der Waals surface area contributed by atoms with E-state index in [9.17, 15) is 4.79 Å². The minimum atomic E-state index is -0.246. The van der Waals surface area contributed by atoms with Crippen LogP contribution in [0.25, 0.3) is 0 Å². The molecule has 2 heteroatoms. The van der Waals surface area contributed by atoms with Crippen molar-refractivity contribution in [2.45, 2.75) is 135 Å². The molecule has 0 rings (SSSR count). The number of carbonyl (C=O) groups is 1. The smallest absolute Gasteiger partial charge is 0.303 e. The first-order valence-electron chi connectivity index (χ1n) is 13.8. The van der Waals surface area contributed by atoms with E-state index in [-0.39, 0.29) is 12.1 Å². The van der Waals surface area contributed by atoms with Crippen LogP contribution < -0.4 is 0 Å². The first-order chi connectivity index (χ1) is 16.7. The highest BCUT2D eigenvalue weighted by atomic mass is 16.5. The van der Waals surface area contributed by atoms with E-state index in [1.807, 2.05) is 6.08 Å². The summed E-state index contributed by atoms with van der Waals surface area (Å²) in [6, 6.07) is 0. The SMILES string of the molecule is C#C/C=C\CCCCCCCCCC/C=C\CCCCCCCCC[C@H](/C=C\C#C)OC(C)=O. The van der Waals surface area contributed by atoms with E-state index in [0.29, 0.717) is 0 Å². The number of esters is 1. The van der Waals surface area contributed by atoms with Gasteiger partial charge in [0.15, 0.2) is 0 Å². The fourth-order valence-corrected chi connectivity index (χ4v) is 4.03. The third-order valence-corrected chi connectivity index (χ3v) is 5.96. The van der Waals surface area contributed by atoms with Crippen LogP contribution >= 0.6 is 0 Å². The van der Waals surface area contributed by atoms with Gasteiger partial charge in [0, 0.05) is 6.92 Å². The largest absolute Gasteiger partial charge is 0.458 e. The molecule has 0 bridgehead atoms. The van der Waals surface area contributed by atoms with Crippen molar-refractivity contribution in [3.05, 3.63) is 36.5 Å². The third kappa shape index (κ3) is 26.1. The molecule has 0 heterocycles. The van der Waals surface area contributed by atoms with Crippen LogP contribution in [-0.4, -0.2) is 12.1 Å². The zero-order chi connectivity index (χ0) is 25.0. The van der Waals surface area contributed by atoms with Gasteiger partial charge in [-0.3, -0.25) is 4.79 Å². The molecule has 0 aliphatic heterocycles. The van der Waals surface area contributed by atoms with Gasteiger partial charge in [0.05, 0.1) is 0 Å². The van der Waals surface area contributed by atoms with Crippen LogP contribution in [0.2, 0.25) is 0 Å². The summed E-state index contributed by atoms with van der Waals surface area (Å²) < 4.78 is 5.27. The van der Waals surface area contributed by atoms with Crippen LogP contribution in [-0.2, 0) is 9.53 Å². The minimum absolute atomic E-state index is 0.177. The minimum Gasteiger partial charge on any atom is -0.458 e. The Balaban J connectivity index is 3.35. The van der Waals surface area contributed by atoms with Crippen molar-refractivity contribution in [1.82, 2.24) is 0 Å². The zero-order valence-electron chi connectivity index (χ0n) is 21.9. The second-order valence-corrected chi connectivity index (χ2v) is 9.17. The standard InChI is InChI=1S/C32H50O2/c1-4-6-8-9-10-11-12-13-14-15-16-17-18-19-20-21-22-23-24-25-26-27-28-30-32(29-7-5-2)34-31(3)33/h1-2,6-8,19-20,29,32H,9-18,21-28,30H2,3H3/b8-6-,20-19-,29-7-/t32-/m0/s1. The predicted molar refractivity (Wildman–Crippen MR) is 148 cm³/mol. The molecule has 1 atom stereocenters. The van der Waals surface area contributed by atoms with Gasteiger partial charge in [-0.1, -0.05) is 101 Å². The summed E-state index contributed by atoms with van der Waals surface area (Å²) in [6.07, 6.45) is 46.4. The quantitative estimate of drug-likeness (QED) is 0.0649. The summed E-state index contributed by atoms with van der Waals surface area (Å²) in [5.74, 6) is 4.75. The van der Waals surface area contributed by atoms with E-state index < -0.39 is 0 Å². The highest BCUT2D eigenvalue weighted by Crippen LogP contribution is 2.14. The number of unbranched alkanes of at least 4 members (excludes halogenated alkanes) is 16. The Labute approximate surface area is 211 Å². The van der Waals surface area contributed by atoms with Crippen LogP contribution in [0.3, 0.4) is 0 Å². The van der Waals surface area contributed by atoms with Crippen molar-refractivity contribution in [1.29, 1.82) is 0 Å². The van der Waals surface area contributed by atoms with Gasteiger partial charge in [0.25, 0.3) is 0 Å². The van der Waals surface area contributed by atoms with E-state index in [1.54, 1.807) is 12.2 Å². The van der Waals surface area contributed by atoms with E-state index >= 15 is 0 Å². The summed E-state index contributed by atoms with van der Waals surface area (Å²) in [5.41, 5.74) is 0. The molecule has 0 aliphatic carbocycles. The number of hydrogen-bond acceptors (Lipinski definition) is 2. The van der Waals surface area contributed by atoms with Gasteiger partial charge >= 0.3 is 5.97 Å². The third-order valence-electron chi connectivity index (χ3n) is 5.96. The van der Waals surface area contributed by atoms with E-state index in [2.05, 4.69) is 30.1 Å². The lowest BCUT2D eigenvalue weighted by atomic mass is 10.0. The zero-order valence-corrected chi connectivity index (χ0v) is 21.9. The molecule has 0 aromatic rings. The van der Waals surface area contributed by atoms with Crippen LogP contribution in [0.1, 0.15) is 129 Å². The molecule has 0 aliphatic rings. The van der Waals surface area contributed by atoms with Crippen molar-refractivity contribution in [2.75, 3.05) is 0 Å². The van der Waals surface area contributed by atoms with Crippen LogP contribution in [0, 0.1) is 24.7 Å². The molecule has 0 N–H and O–H groups in total. The maximum atomic E-state index is 11.1.